The number of hydrogen-bond acceptors (Lipinski definition) is 5. The predicted octanol–water partition coefficient (Wildman–Crippen LogP) is 1.57. The van der Waals surface area contributed by atoms with E-state index in [1.807, 2.05) is 12.1 Å². The summed E-state index contributed by atoms with van der Waals surface area (Å²) in [7, 11) is 0. The van der Waals surface area contributed by atoms with Crippen molar-refractivity contribution in [1.29, 1.82) is 0 Å². The normalized spacial score (nSPS) is 16.2. The van der Waals surface area contributed by atoms with Crippen LogP contribution in [0.2, 0.25) is 0 Å². The maximum Gasteiger partial charge on any atom is 0.294 e. The number of guanidine groups is 1. The summed E-state index contributed by atoms with van der Waals surface area (Å²) < 4.78 is 0. The fourth-order valence-corrected chi connectivity index (χ4v) is 2.66. The second-order valence-electron chi connectivity index (χ2n) is 5.60. The van der Waals surface area contributed by atoms with E-state index in [0.717, 1.165) is 4.90 Å². The van der Waals surface area contributed by atoms with Crippen LogP contribution >= 0.6 is 0 Å². The molecule has 26 heavy (non-hydrogen) atoms. The number of amidine groups is 1. The Kier molecular flexibility index (Phi) is 3.77. The first kappa shape index (κ1) is 15.7. The minimum atomic E-state index is -0.568. The standard InChI is InChI=1S/C18H13N5O3/c24-14-11-15(25)22-16(17(26)19-12-7-3-1-4-8-12)21-23(18(22)20-14)13-9-5-2-6-10-13/h1-10H,11H2,(H,19,26). The highest BCUT2D eigenvalue weighted by atomic mass is 16.2. The molecule has 0 unspecified atom stereocenters. The number of nitrogens with one attached hydrogen (secondary N) is 1. The van der Waals surface area contributed by atoms with E-state index in [1.165, 1.54) is 5.01 Å². The van der Waals surface area contributed by atoms with Crippen molar-refractivity contribution in [2.75, 3.05) is 10.3 Å². The number of anilines is 2. The number of hydrazone groups is 1. The number of fused-ring (bicyclic) bond motifs is 1. The van der Waals surface area contributed by atoms with Gasteiger partial charge < -0.3 is 5.32 Å². The van der Waals surface area contributed by atoms with Crippen LogP contribution in [0, 0.1) is 0 Å². The highest BCUT2D eigenvalue weighted by molar-refractivity contribution is 6.50. The van der Waals surface area contributed by atoms with Gasteiger partial charge in [-0.2, -0.15) is 10.0 Å². The van der Waals surface area contributed by atoms with Gasteiger partial charge in [0.05, 0.1) is 5.69 Å². The first-order valence-electron chi connectivity index (χ1n) is 7.88. The molecule has 3 amide bonds. The molecule has 2 aliphatic rings. The average Bonchev–Trinajstić information content (AvgIpc) is 3.03. The Hall–Kier alpha value is -3.81. The average molecular weight is 347 g/mol. The molecule has 2 aromatic rings. The molecule has 0 saturated heterocycles. The van der Waals surface area contributed by atoms with Crippen molar-refractivity contribution in [3.05, 3.63) is 60.7 Å². The summed E-state index contributed by atoms with van der Waals surface area (Å²) in [6, 6.07) is 17.7. The molecule has 128 valence electrons. The summed E-state index contributed by atoms with van der Waals surface area (Å²) >= 11 is 0. The molecule has 8 nitrogen and oxygen atoms in total. The molecule has 2 aliphatic heterocycles. The molecule has 4 rings (SSSR count). The fraction of sp³-hybridized carbons (Fsp3) is 0.0556. The van der Waals surface area contributed by atoms with Crippen molar-refractivity contribution >= 4 is 40.9 Å². The van der Waals surface area contributed by atoms with Crippen molar-refractivity contribution in [2.24, 2.45) is 10.1 Å². The molecular formula is C18H13N5O3. The first-order chi connectivity index (χ1) is 12.6. The van der Waals surface area contributed by atoms with Gasteiger partial charge in [-0.25, -0.2) is 4.90 Å². The largest absolute Gasteiger partial charge is 0.319 e. The molecule has 0 bridgehead atoms. The van der Waals surface area contributed by atoms with Gasteiger partial charge in [0.25, 0.3) is 11.8 Å². The van der Waals surface area contributed by atoms with Gasteiger partial charge in [0.1, 0.15) is 6.42 Å². The van der Waals surface area contributed by atoms with Gasteiger partial charge in [0.2, 0.25) is 17.7 Å². The highest BCUT2D eigenvalue weighted by Gasteiger charge is 2.43. The molecule has 0 saturated carbocycles. The van der Waals surface area contributed by atoms with Crippen LogP contribution in [-0.4, -0.2) is 34.4 Å². The smallest absolute Gasteiger partial charge is 0.294 e. The summed E-state index contributed by atoms with van der Waals surface area (Å²) in [5.41, 5.74) is 1.15. The lowest BCUT2D eigenvalue weighted by Crippen LogP contribution is -2.49. The topological polar surface area (TPSA) is 94.4 Å². The Morgan fingerprint density at radius 3 is 2.31 bits per heavy atom. The van der Waals surface area contributed by atoms with E-state index in [1.54, 1.807) is 48.5 Å². The number of hydrogen-bond donors (Lipinski definition) is 1. The van der Waals surface area contributed by atoms with Crippen molar-refractivity contribution < 1.29 is 14.4 Å². The summed E-state index contributed by atoms with van der Waals surface area (Å²) in [4.78, 5) is 41.8. The number of amides is 3. The lowest BCUT2D eigenvalue weighted by atomic mass is 10.2. The monoisotopic (exact) mass is 347 g/mol. The summed E-state index contributed by atoms with van der Waals surface area (Å²) in [5.74, 6) is -1.79. The van der Waals surface area contributed by atoms with Gasteiger partial charge >= 0.3 is 0 Å². The third-order valence-corrected chi connectivity index (χ3v) is 3.81. The Morgan fingerprint density at radius 1 is 0.962 bits per heavy atom. The predicted molar refractivity (Wildman–Crippen MR) is 95.3 cm³/mol. The minimum absolute atomic E-state index is 0.00987. The Balaban J connectivity index is 1.73. The zero-order chi connectivity index (χ0) is 18.1. The molecule has 0 aromatic heterocycles. The number of aliphatic imine (C=N–C) groups is 1. The second-order valence-corrected chi connectivity index (χ2v) is 5.60. The first-order valence-corrected chi connectivity index (χ1v) is 7.88. The highest BCUT2D eigenvalue weighted by Crippen LogP contribution is 2.25. The fourth-order valence-electron chi connectivity index (χ4n) is 2.66. The van der Waals surface area contributed by atoms with Crippen LogP contribution in [0.1, 0.15) is 6.42 Å². The zero-order valence-corrected chi connectivity index (χ0v) is 13.5. The van der Waals surface area contributed by atoms with Crippen molar-refractivity contribution in [3.63, 3.8) is 0 Å². The van der Waals surface area contributed by atoms with Gasteiger partial charge in [-0.15, -0.1) is 5.10 Å². The van der Waals surface area contributed by atoms with Gasteiger partial charge in [-0.1, -0.05) is 36.4 Å². The minimum Gasteiger partial charge on any atom is -0.319 e. The maximum absolute atomic E-state index is 12.7. The second kappa shape index (κ2) is 6.25. The molecule has 0 aliphatic carbocycles. The number of carbonyl (C=O) groups excluding carboxylic acids is 3. The van der Waals surface area contributed by atoms with Gasteiger partial charge in [-0.3, -0.25) is 14.4 Å². The lowest BCUT2D eigenvalue weighted by Gasteiger charge is -2.23. The number of nitrogens with zero attached hydrogens (tertiary/aromatic N) is 4. The summed E-state index contributed by atoms with van der Waals surface area (Å²) in [5, 5.41) is 8.25. The van der Waals surface area contributed by atoms with E-state index >= 15 is 0 Å². The third kappa shape index (κ3) is 2.73. The quantitative estimate of drug-likeness (QED) is 0.853. The summed E-state index contributed by atoms with van der Waals surface area (Å²) in [6.45, 7) is 0. The van der Waals surface area contributed by atoms with Crippen molar-refractivity contribution in [1.82, 2.24) is 4.90 Å². The molecule has 0 radical (unpaired) electrons. The SMILES string of the molecule is O=C1CC(=O)N2C(C(=O)Nc3ccccc3)=NN(c3ccccc3)C2=N1. The van der Waals surface area contributed by atoms with Gasteiger partial charge in [0.15, 0.2) is 0 Å². The van der Waals surface area contributed by atoms with Crippen LogP contribution in [0.25, 0.3) is 0 Å². The molecule has 2 aromatic carbocycles. The van der Waals surface area contributed by atoms with Crippen LogP contribution in [0.5, 0.6) is 0 Å². The molecule has 2 heterocycles. The molecule has 0 atom stereocenters. The van der Waals surface area contributed by atoms with Crippen molar-refractivity contribution in [2.45, 2.75) is 6.42 Å². The van der Waals surface area contributed by atoms with E-state index in [9.17, 15) is 14.4 Å². The molecular weight excluding hydrogens is 334 g/mol. The van der Waals surface area contributed by atoms with E-state index in [2.05, 4.69) is 15.4 Å². The Labute approximate surface area is 148 Å². The van der Waals surface area contributed by atoms with E-state index in [4.69, 9.17) is 0 Å². The van der Waals surface area contributed by atoms with Gasteiger partial charge in [-0.05, 0) is 24.3 Å². The molecule has 1 N–H and O–H groups in total. The van der Waals surface area contributed by atoms with Gasteiger partial charge in [0, 0.05) is 5.69 Å². The zero-order valence-electron chi connectivity index (χ0n) is 13.5. The van der Waals surface area contributed by atoms with E-state index in [0.29, 0.717) is 11.4 Å². The Bertz CT molecular complexity index is 953. The lowest BCUT2D eigenvalue weighted by molar-refractivity contribution is -0.131. The maximum atomic E-state index is 12.7. The number of para-hydroxylation sites is 2. The number of rotatable bonds is 3. The van der Waals surface area contributed by atoms with E-state index in [-0.39, 0.29) is 11.8 Å². The molecule has 0 fully saturated rings. The number of benzene rings is 2. The van der Waals surface area contributed by atoms with Crippen LogP contribution < -0.4 is 10.3 Å². The third-order valence-electron chi connectivity index (χ3n) is 3.81. The van der Waals surface area contributed by atoms with Crippen molar-refractivity contribution in [3.8, 4) is 0 Å². The molecule has 8 heteroatoms. The Morgan fingerprint density at radius 2 is 1.62 bits per heavy atom. The molecule has 0 spiro atoms. The van der Waals surface area contributed by atoms with Crippen LogP contribution in [-0.2, 0) is 14.4 Å². The van der Waals surface area contributed by atoms with Crippen LogP contribution in [0.3, 0.4) is 0 Å². The van der Waals surface area contributed by atoms with E-state index < -0.39 is 24.1 Å². The van der Waals surface area contributed by atoms with Crippen LogP contribution in [0.4, 0.5) is 11.4 Å². The summed E-state index contributed by atoms with van der Waals surface area (Å²) in [6.07, 6.45) is -0.399. The number of carbonyl (C=O) groups is 3. The van der Waals surface area contributed by atoms with Crippen LogP contribution in [0.15, 0.2) is 70.8 Å².